The second-order valence-corrected chi connectivity index (χ2v) is 4.10. The molecule has 0 saturated carbocycles. The highest BCUT2D eigenvalue weighted by Gasteiger charge is 2.16. The summed E-state index contributed by atoms with van der Waals surface area (Å²) >= 11 is 1.28. The second kappa shape index (κ2) is 3.66. The maximum atomic E-state index is 10.2. The summed E-state index contributed by atoms with van der Waals surface area (Å²) in [7, 11) is 0. The van der Waals surface area contributed by atoms with Crippen LogP contribution in [-0.4, -0.2) is 24.7 Å². The average Bonchev–Trinajstić information content (AvgIpc) is 2.98. The van der Waals surface area contributed by atoms with E-state index in [4.69, 9.17) is 0 Å². The lowest BCUT2D eigenvalue weighted by molar-refractivity contribution is 0.212. The Bertz CT molecular complexity index is 604. The Hall–Kier alpha value is -1.79. The first kappa shape index (κ1) is 9.44. The number of aromatic nitrogens is 4. The molecule has 80 valence electrons. The van der Waals surface area contributed by atoms with Gasteiger partial charge in [-0.25, -0.2) is 4.98 Å². The van der Waals surface area contributed by atoms with Crippen molar-refractivity contribution < 1.29 is 5.11 Å². The van der Waals surface area contributed by atoms with Crippen molar-refractivity contribution in [2.75, 3.05) is 0 Å². The SMILES string of the molecule is OC(c1ncc[nH]1)c1cccc2nnsc12. The number of benzene rings is 1. The summed E-state index contributed by atoms with van der Waals surface area (Å²) in [6.45, 7) is 0. The molecule has 3 aromatic rings. The number of aliphatic hydroxyl groups is 1. The molecule has 5 nitrogen and oxygen atoms in total. The standard InChI is InChI=1S/C10H8N4OS/c15-8(10-11-4-5-12-10)6-2-1-3-7-9(6)16-14-13-7/h1-5,8,15H,(H,11,12). The maximum Gasteiger partial charge on any atom is 0.139 e. The first-order valence-corrected chi connectivity index (χ1v) is 5.52. The zero-order chi connectivity index (χ0) is 11.0. The third-order valence-electron chi connectivity index (χ3n) is 2.38. The fraction of sp³-hybridized carbons (Fsp3) is 0.100. The highest BCUT2D eigenvalue weighted by Crippen LogP contribution is 2.28. The minimum atomic E-state index is -0.763. The summed E-state index contributed by atoms with van der Waals surface area (Å²) in [5.41, 5.74) is 1.58. The Labute approximate surface area is 94.9 Å². The van der Waals surface area contributed by atoms with Gasteiger partial charge in [-0.1, -0.05) is 16.6 Å². The van der Waals surface area contributed by atoms with Gasteiger partial charge in [0, 0.05) is 18.0 Å². The molecular weight excluding hydrogens is 224 g/mol. The van der Waals surface area contributed by atoms with E-state index in [0.717, 1.165) is 15.8 Å². The van der Waals surface area contributed by atoms with Crippen molar-refractivity contribution in [1.82, 2.24) is 19.6 Å². The van der Waals surface area contributed by atoms with Crippen LogP contribution in [-0.2, 0) is 0 Å². The van der Waals surface area contributed by atoms with Crippen LogP contribution < -0.4 is 0 Å². The molecular formula is C10H8N4OS. The minimum Gasteiger partial charge on any atom is -0.380 e. The Kier molecular flexibility index (Phi) is 2.16. The molecule has 2 heterocycles. The number of rotatable bonds is 2. The van der Waals surface area contributed by atoms with Gasteiger partial charge >= 0.3 is 0 Å². The molecule has 0 amide bonds. The number of fused-ring (bicyclic) bond motifs is 1. The predicted molar refractivity (Wildman–Crippen MR) is 60.1 cm³/mol. The fourth-order valence-electron chi connectivity index (χ4n) is 1.62. The highest BCUT2D eigenvalue weighted by atomic mass is 32.1. The Morgan fingerprint density at radius 3 is 3.12 bits per heavy atom. The van der Waals surface area contributed by atoms with Crippen molar-refractivity contribution in [2.45, 2.75) is 6.10 Å². The molecule has 0 bridgehead atoms. The number of aliphatic hydroxyl groups excluding tert-OH is 1. The first-order chi connectivity index (χ1) is 7.86. The van der Waals surface area contributed by atoms with Gasteiger partial charge in [0.1, 0.15) is 17.4 Å². The zero-order valence-electron chi connectivity index (χ0n) is 8.16. The molecule has 1 aromatic carbocycles. The van der Waals surface area contributed by atoms with Crippen molar-refractivity contribution in [3.63, 3.8) is 0 Å². The van der Waals surface area contributed by atoms with Gasteiger partial charge in [-0.05, 0) is 17.6 Å². The van der Waals surface area contributed by atoms with E-state index in [0.29, 0.717) is 5.82 Å². The molecule has 3 rings (SSSR count). The van der Waals surface area contributed by atoms with E-state index in [9.17, 15) is 5.11 Å². The molecule has 2 N–H and O–H groups in total. The van der Waals surface area contributed by atoms with Gasteiger partial charge in [-0.15, -0.1) is 5.10 Å². The predicted octanol–water partition coefficient (Wildman–Crippen LogP) is 1.50. The van der Waals surface area contributed by atoms with Crippen LogP contribution in [0.1, 0.15) is 17.5 Å². The first-order valence-electron chi connectivity index (χ1n) is 4.74. The van der Waals surface area contributed by atoms with Crippen LogP contribution >= 0.6 is 11.5 Å². The molecule has 1 unspecified atom stereocenters. The minimum absolute atomic E-state index is 0.529. The number of hydrogen-bond donors (Lipinski definition) is 2. The van der Waals surface area contributed by atoms with Crippen molar-refractivity contribution >= 4 is 21.7 Å². The van der Waals surface area contributed by atoms with Crippen molar-refractivity contribution in [3.05, 3.63) is 42.0 Å². The summed E-state index contributed by atoms with van der Waals surface area (Å²) in [5.74, 6) is 0.529. The number of imidazole rings is 1. The summed E-state index contributed by atoms with van der Waals surface area (Å²) in [6, 6.07) is 5.58. The van der Waals surface area contributed by atoms with E-state index in [2.05, 4.69) is 19.6 Å². The van der Waals surface area contributed by atoms with Crippen LogP contribution in [0.5, 0.6) is 0 Å². The number of nitrogens with zero attached hydrogens (tertiary/aromatic N) is 3. The van der Waals surface area contributed by atoms with E-state index >= 15 is 0 Å². The smallest absolute Gasteiger partial charge is 0.139 e. The molecule has 16 heavy (non-hydrogen) atoms. The Balaban J connectivity index is 2.15. The quantitative estimate of drug-likeness (QED) is 0.702. The maximum absolute atomic E-state index is 10.2. The highest BCUT2D eigenvalue weighted by molar-refractivity contribution is 7.13. The zero-order valence-corrected chi connectivity index (χ0v) is 8.98. The molecule has 0 aliphatic carbocycles. The van der Waals surface area contributed by atoms with Crippen molar-refractivity contribution in [3.8, 4) is 0 Å². The largest absolute Gasteiger partial charge is 0.380 e. The van der Waals surface area contributed by atoms with E-state index in [-0.39, 0.29) is 0 Å². The van der Waals surface area contributed by atoms with Crippen LogP contribution in [0.25, 0.3) is 10.2 Å². The molecule has 6 heteroatoms. The summed E-state index contributed by atoms with van der Waals surface area (Å²) in [5, 5.41) is 14.1. The van der Waals surface area contributed by atoms with Gasteiger partial charge in [0.2, 0.25) is 0 Å². The van der Waals surface area contributed by atoms with Crippen molar-refractivity contribution in [1.29, 1.82) is 0 Å². The van der Waals surface area contributed by atoms with Crippen LogP contribution in [0.4, 0.5) is 0 Å². The monoisotopic (exact) mass is 232 g/mol. The summed E-state index contributed by atoms with van der Waals surface area (Å²) in [4.78, 5) is 6.94. The number of aromatic amines is 1. The third kappa shape index (κ3) is 1.39. The normalized spacial score (nSPS) is 13.1. The van der Waals surface area contributed by atoms with Crippen LogP contribution in [0.3, 0.4) is 0 Å². The molecule has 0 aliphatic heterocycles. The molecule has 0 radical (unpaired) electrons. The molecule has 2 aromatic heterocycles. The van der Waals surface area contributed by atoms with E-state index < -0.39 is 6.10 Å². The average molecular weight is 232 g/mol. The molecule has 0 saturated heterocycles. The Morgan fingerprint density at radius 1 is 1.38 bits per heavy atom. The molecule has 1 atom stereocenters. The van der Waals surface area contributed by atoms with Gasteiger partial charge in [0.25, 0.3) is 0 Å². The summed E-state index contributed by atoms with van der Waals surface area (Å²) in [6.07, 6.45) is 2.54. The number of hydrogen-bond acceptors (Lipinski definition) is 5. The van der Waals surface area contributed by atoms with E-state index in [1.54, 1.807) is 12.4 Å². The lowest BCUT2D eigenvalue weighted by Crippen LogP contribution is -2.01. The van der Waals surface area contributed by atoms with Gasteiger partial charge in [0.05, 0.1) is 4.70 Å². The van der Waals surface area contributed by atoms with E-state index in [1.807, 2.05) is 18.2 Å². The molecule has 0 aliphatic rings. The molecule has 0 fully saturated rings. The van der Waals surface area contributed by atoms with Gasteiger partial charge in [0.15, 0.2) is 0 Å². The second-order valence-electron chi connectivity index (χ2n) is 3.35. The Morgan fingerprint density at radius 2 is 2.31 bits per heavy atom. The van der Waals surface area contributed by atoms with Crippen LogP contribution in [0.15, 0.2) is 30.6 Å². The number of nitrogens with one attached hydrogen (secondary N) is 1. The third-order valence-corrected chi connectivity index (χ3v) is 3.17. The lowest BCUT2D eigenvalue weighted by atomic mass is 10.1. The van der Waals surface area contributed by atoms with Crippen LogP contribution in [0, 0.1) is 0 Å². The van der Waals surface area contributed by atoms with Gasteiger partial charge in [-0.2, -0.15) is 0 Å². The summed E-state index contributed by atoms with van der Waals surface area (Å²) < 4.78 is 4.77. The fourth-order valence-corrected chi connectivity index (χ4v) is 2.31. The van der Waals surface area contributed by atoms with Crippen LogP contribution in [0.2, 0.25) is 0 Å². The van der Waals surface area contributed by atoms with E-state index in [1.165, 1.54) is 11.5 Å². The van der Waals surface area contributed by atoms with Crippen molar-refractivity contribution in [2.24, 2.45) is 0 Å². The number of H-pyrrole nitrogens is 1. The van der Waals surface area contributed by atoms with Gasteiger partial charge < -0.3 is 10.1 Å². The topological polar surface area (TPSA) is 74.7 Å². The lowest BCUT2D eigenvalue weighted by Gasteiger charge is -2.07. The van der Waals surface area contributed by atoms with Gasteiger partial charge in [-0.3, -0.25) is 0 Å². The molecule has 0 spiro atoms.